The average Bonchev–Trinajstić information content (AvgIpc) is 3.64. The third-order valence-electron chi connectivity index (χ3n) is 6.85. The monoisotopic (exact) mass is 528 g/mol. The van der Waals surface area contributed by atoms with Gasteiger partial charge in [0, 0.05) is 24.2 Å². The van der Waals surface area contributed by atoms with Gasteiger partial charge in [-0.2, -0.15) is 0 Å². The van der Waals surface area contributed by atoms with Gasteiger partial charge in [-0.25, -0.2) is 4.39 Å². The van der Waals surface area contributed by atoms with E-state index in [9.17, 15) is 18.8 Å². The number of hydrogen-bond donors (Lipinski definition) is 1. The summed E-state index contributed by atoms with van der Waals surface area (Å²) in [5.74, 6) is -1.25. The molecule has 1 amide bonds. The maximum Gasteiger partial charge on any atom is 0.252 e. The van der Waals surface area contributed by atoms with Crippen molar-refractivity contribution in [1.82, 2.24) is 4.57 Å². The van der Waals surface area contributed by atoms with E-state index in [4.69, 9.17) is 24.7 Å². The van der Waals surface area contributed by atoms with Crippen LogP contribution in [-0.4, -0.2) is 29.8 Å². The Kier molecular flexibility index (Phi) is 5.79. The van der Waals surface area contributed by atoms with E-state index in [2.05, 4.69) is 0 Å². The summed E-state index contributed by atoms with van der Waals surface area (Å²) >= 11 is 0. The molecule has 0 saturated heterocycles. The van der Waals surface area contributed by atoms with E-state index >= 15 is 0 Å². The molecule has 9 nitrogen and oxygen atoms in total. The van der Waals surface area contributed by atoms with Gasteiger partial charge in [0.15, 0.2) is 28.6 Å². The number of carbonyl (C=O) groups excluding carboxylic acids is 2. The Hall–Kier alpha value is -5.12. The zero-order valence-electron chi connectivity index (χ0n) is 20.4. The molecule has 0 bridgehead atoms. The highest BCUT2D eigenvalue weighted by molar-refractivity contribution is 6.10. The Morgan fingerprint density at radius 3 is 2.33 bits per heavy atom. The summed E-state index contributed by atoms with van der Waals surface area (Å²) in [6.45, 7) is -0.209. The first-order valence-electron chi connectivity index (χ1n) is 12.0. The molecular weight excluding hydrogens is 507 g/mol. The molecule has 0 saturated carbocycles. The lowest BCUT2D eigenvalue weighted by Crippen LogP contribution is -2.50. The molecule has 39 heavy (non-hydrogen) atoms. The second-order valence-electron chi connectivity index (χ2n) is 9.10. The van der Waals surface area contributed by atoms with Crippen molar-refractivity contribution in [3.8, 4) is 11.5 Å². The van der Waals surface area contributed by atoms with Crippen LogP contribution in [0.5, 0.6) is 11.5 Å². The first-order valence-corrected chi connectivity index (χ1v) is 12.0. The molecule has 0 radical (unpaired) electrons. The van der Waals surface area contributed by atoms with Crippen LogP contribution in [0.25, 0.3) is 10.9 Å². The molecule has 3 heterocycles. The molecule has 4 aromatic rings. The molecule has 0 aliphatic carbocycles. The van der Waals surface area contributed by atoms with E-state index in [0.29, 0.717) is 11.5 Å². The summed E-state index contributed by atoms with van der Waals surface area (Å²) in [6.07, 6.45) is 2.59. The lowest BCUT2D eigenvalue weighted by atomic mass is 9.86. The number of hydrogen-bond acceptors (Lipinski definition) is 7. The van der Waals surface area contributed by atoms with Gasteiger partial charge in [-0.1, -0.05) is 30.3 Å². The second-order valence-corrected chi connectivity index (χ2v) is 9.10. The standard InChI is InChI=1S/C29H21FN2O7/c30-19-8-6-18(7-9-19)26(33)21-13-32(22-11-24-23(37-16-38-24)10-20(22)27(21)34)29(28(31)35,25-14-36-15-39-25)12-17-4-2-1-3-5-17/h1-11,13-14H,12,15-16H2,(H2,31,35). The predicted octanol–water partition coefficient (Wildman–Crippen LogP) is 3.37. The highest BCUT2D eigenvalue weighted by atomic mass is 19.1. The van der Waals surface area contributed by atoms with Crippen LogP contribution >= 0.6 is 0 Å². The number of halogens is 1. The van der Waals surface area contributed by atoms with Crippen LogP contribution in [0.4, 0.5) is 4.39 Å². The second kappa shape index (κ2) is 9.32. The van der Waals surface area contributed by atoms with Crippen molar-refractivity contribution < 1.29 is 32.9 Å². The van der Waals surface area contributed by atoms with Gasteiger partial charge in [0.2, 0.25) is 19.0 Å². The number of aromatic nitrogens is 1. The van der Waals surface area contributed by atoms with Gasteiger partial charge in [0.05, 0.1) is 16.5 Å². The van der Waals surface area contributed by atoms with Crippen molar-refractivity contribution >= 4 is 22.6 Å². The maximum absolute atomic E-state index is 13.7. The molecule has 1 aromatic heterocycles. The van der Waals surface area contributed by atoms with Gasteiger partial charge in [-0.15, -0.1) is 0 Å². The minimum atomic E-state index is -1.75. The number of pyridine rings is 1. The van der Waals surface area contributed by atoms with E-state index in [-0.39, 0.29) is 47.8 Å². The molecule has 2 aliphatic heterocycles. The van der Waals surface area contributed by atoms with Crippen LogP contribution in [0.15, 0.2) is 89.7 Å². The van der Waals surface area contributed by atoms with Gasteiger partial charge in [-0.05, 0) is 35.9 Å². The number of primary amides is 1. The Labute approximate surface area is 220 Å². The maximum atomic E-state index is 13.7. The Bertz CT molecular complexity index is 1710. The summed E-state index contributed by atoms with van der Waals surface area (Å²) in [6, 6.07) is 16.9. The Balaban J connectivity index is 1.69. The van der Waals surface area contributed by atoms with Gasteiger partial charge >= 0.3 is 0 Å². The smallest absolute Gasteiger partial charge is 0.252 e. The van der Waals surface area contributed by atoms with Crippen molar-refractivity contribution in [1.29, 1.82) is 0 Å². The highest BCUT2D eigenvalue weighted by Gasteiger charge is 2.47. The summed E-state index contributed by atoms with van der Waals surface area (Å²) in [4.78, 5) is 40.9. The summed E-state index contributed by atoms with van der Waals surface area (Å²) in [7, 11) is 0. The Morgan fingerprint density at radius 2 is 1.67 bits per heavy atom. The van der Waals surface area contributed by atoms with E-state index in [1.807, 2.05) is 30.3 Å². The topological polar surface area (TPSA) is 119 Å². The van der Waals surface area contributed by atoms with Crippen LogP contribution in [0.2, 0.25) is 0 Å². The molecule has 3 aromatic carbocycles. The van der Waals surface area contributed by atoms with E-state index in [1.165, 1.54) is 35.2 Å². The number of amides is 1. The number of carbonyl (C=O) groups is 2. The summed E-state index contributed by atoms with van der Waals surface area (Å²) < 4.78 is 37.1. The first kappa shape index (κ1) is 24.2. The average molecular weight is 528 g/mol. The highest BCUT2D eigenvalue weighted by Crippen LogP contribution is 2.40. The lowest BCUT2D eigenvalue weighted by Gasteiger charge is -2.34. The van der Waals surface area contributed by atoms with Crippen LogP contribution in [0, 0.1) is 5.82 Å². The molecular formula is C29H21FN2O7. The number of ether oxygens (including phenoxy) is 4. The van der Waals surface area contributed by atoms with Crippen LogP contribution in [0.1, 0.15) is 21.5 Å². The first-order chi connectivity index (χ1) is 18.9. The summed E-state index contributed by atoms with van der Waals surface area (Å²) in [5, 5.41) is 0.0883. The van der Waals surface area contributed by atoms with Crippen molar-refractivity contribution in [2.24, 2.45) is 5.73 Å². The molecule has 2 N–H and O–H groups in total. The normalized spacial score (nSPS) is 15.3. The van der Waals surface area contributed by atoms with Gasteiger partial charge in [0.25, 0.3) is 5.91 Å². The third-order valence-corrected chi connectivity index (χ3v) is 6.85. The number of ketones is 1. The van der Waals surface area contributed by atoms with Crippen LogP contribution in [-0.2, 0) is 26.2 Å². The number of fused-ring (bicyclic) bond motifs is 2. The number of nitrogens with two attached hydrogens (primary N) is 1. The van der Waals surface area contributed by atoms with Crippen LogP contribution < -0.4 is 20.6 Å². The molecule has 2 aliphatic rings. The fourth-order valence-electron chi connectivity index (χ4n) is 4.92. The SMILES string of the molecule is NC(=O)C(Cc1ccccc1)(C1=COCO1)n1cc(C(=O)c2ccc(F)cc2)c(=O)c2cc3c(cc21)OCO3. The van der Waals surface area contributed by atoms with Crippen molar-refractivity contribution in [3.05, 3.63) is 118 Å². The van der Waals surface area contributed by atoms with Crippen molar-refractivity contribution in [2.75, 3.05) is 13.6 Å². The number of nitrogens with zero attached hydrogens (tertiary/aromatic N) is 1. The number of rotatable bonds is 7. The van der Waals surface area contributed by atoms with Crippen molar-refractivity contribution in [2.45, 2.75) is 12.0 Å². The van der Waals surface area contributed by atoms with Gasteiger partial charge < -0.3 is 29.2 Å². The minimum Gasteiger partial charge on any atom is -0.461 e. The minimum absolute atomic E-state index is 0.00889. The zero-order valence-corrected chi connectivity index (χ0v) is 20.4. The number of benzene rings is 3. The molecule has 1 atom stereocenters. The van der Waals surface area contributed by atoms with Crippen LogP contribution in [0.3, 0.4) is 0 Å². The van der Waals surface area contributed by atoms with E-state index < -0.39 is 28.5 Å². The lowest BCUT2D eigenvalue weighted by molar-refractivity contribution is -0.126. The molecule has 1 unspecified atom stereocenters. The molecule has 6 rings (SSSR count). The zero-order chi connectivity index (χ0) is 27.1. The summed E-state index contributed by atoms with van der Waals surface area (Å²) in [5.41, 5.74) is 4.59. The van der Waals surface area contributed by atoms with Gasteiger partial charge in [0.1, 0.15) is 12.1 Å². The fourth-order valence-corrected chi connectivity index (χ4v) is 4.92. The predicted molar refractivity (Wildman–Crippen MR) is 137 cm³/mol. The molecule has 196 valence electrons. The molecule has 0 spiro atoms. The van der Waals surface area contributed by atoms with E-state index in [1.54, 1.807) is 6.07 Å². The largest absolute Gasteiger partial charge is 0.461 e. The quantitative estimate of drug-likeness (QED) is 0.365. The van der Waals surface area contributed by atoms with Crippen molar-refractivity contribution in [3.63, 3.8) is 0 Å². The van der Waals surface area contributed by atoms with E-state index in [0.717, 1.165) is 17.7 Å². The van der Waals surface area contributed by atoms with Gasteiger partial charge in [-0.3, -0.25) is 14.4 Å². The molecule has 10 heteroatoms. The fraction of sp³-hybridized carbons (Fsp3) is 0.138. The third kappa shape index (κ3) is 3.97. The Morgan fingerprint density at radius 1 is 0.949 bits per heavy atom. The molecule has 0 fully saturated rings.